The standard InChI is InChI=1S/C40H34/c1-6-30(38-26(4)24-25-29-17-10-12-20-34(29)38)27(5)39-31(7-2)32(8-3)40(37-22-14-13-21-36(37)39)35-23-15-18-28-16-9-11-19-33(28)35/h6-9,11,13-14,16-22,24-25H,1-5,10,12,15,23H2. The fourth-order valence-corrected chi connectivity index (χ4v) is 6.64. The van der Waals surface area contributed by atoms with Crippen LogP contribution in [0.25, 0.3) is 64.5 Å². The maximum atomic E-state index is 4.72. The third-order valence-electron chi connectivity index (χ3n) is 8.39. The van der Waals surface area contributed by atoms with Gasteiger partial charge in [0.2, 0.25) is 0 Å². The number of allylic oxidation sites excluding steroid dienone is 2. The largest absolute Gasteiger partial charge is 0.0984 e. The van der Waals surface area contributed by atoms with E-state index in [2.05, 4.69) is 105 Å². The minimum Gasteiger partial charge on any atom is -0.0984 e. The van der Waals surface area contributed by atoms with Crippen LogP contribution < -0.4 is 31.3 Å². The summed E-state index contributed by atoms with van der Waals surface area (Å²) in [5, 5.41) is 9.54. The van der Waals surface area contributed by atoms with Crippen molar-refractivity contribution in [2.45, 2.75) is 25.7 Å². The van der Waals surface area contributed by atoms with E-state index in [1.165, 1.54) is 37.4 Å². The summed E-state index contributed by atoms with van der Waals surface area (Å²) in [7, 11) is 0. The topological polar surface area (TPSA) is 0 Å². The molecule has 0 saturated heterocycles. The van der Waals surface area contributed by atoms with E-state index in [-0.39, 0.29) is 0 Å². The minimum atomic E-state index is 0.926. The number of hydrogen-bond acceptors (Lipinski definition) is 0. The Morgan fingerprint density at radius 2 is 1.40 bits per heavy atom. The number of fused-ring (bicyclic) bond motifs is 3. The van der Waals surface area contributed by atoms with Crippen molar-refractivity contribution in [1.29, 1.82) is 0 Å². The van der Waals surface area contributed by atoms with Gasteiger partial charge in [0, 0.05) is 0 Å². The molecule has 0 aliphatic heterocycles. The lowest BCUT2D eigenvalue weighted by Gasteiger charge is -2.24. The van der Waals surface area contributed by atoms with E-state index >= 15 is 0 Å². The first-order valence-corrected chi connectivity index (χ1v) is 14.1. The highest BCUT2D eigenvalue weighted by Crippen LogP contribution is 2.41. The molecule has 0 radical (unpaired) electrons. The van der Waals surface area contributed by atoms with Crippen LogP contribution in [-0.2, 0) is 0 Å². The van der Waals surface area contributed by atoms with Crippen molar-refractivity contribution in [1.82, 2.24) is 0 Å². The molecule has 0 bridgehead atoms. The van der Waals surface area contributed by atoms with Crippen molar-refractivity contribution in [3.8, 4) is 0 Å². The van der Waals surface area contributed by atoms with Gasteiger partial charge in [-0.2, -0.15) is 0 Å². The molecule has 2 aliphatic rings. The molecule has 40 heavy (non-hydrogen) atoms. The molecule has 0 spiro atoms. The van der Waals surface area contributed by atoms with Crippen LogP contribution in [0, 0.1) is 0 Å². The zero-order valence-corrected chi connectivity index (χ0v) is 23.1. The smallest absolute Gasteiger partial charge is 0.00263 e. The lowest BCUT2D eigenvalue weighted by molar-refractivity contribution is 1.08. The van der Waals surface area contributed by atoms with Crippen molar-refractivity contribution in [2.75, 3.05) is 0 Å². The first-order valence-electron chi connectivity index (χ1n) is 14.1. The summed E-state index contributed by atoms with van der Waals surface area (Å²) in [6.45, 7) is 22.0. The van der Waals surface area contributed by atoms with E-state index in [0.29, 0.717) is 0 Å². The fourth-order valence-electron chi connectivity index (χ4n) is 6.64. The van der Waals surface area contributed by atoms with Gasteiger partial charge >= 0.3 is 0 Å². The average Bonchev–Trinajstić information content (AvgIpc) is 3.00. The molecule has 0 unspecified atom stereocenters. The van der Waals surface area contributed by atoms with Crippen LogP contribution in [-0.4, -0.2) is 0 Å². The Kier molecular flexibility index (Phi) is 6.70. The van der Waals surface area contributed by atoms with E-state index in [9.17, 15) is 0 Å². The molecular weight excluding hydrogens is 480 g/mol. The van der Waals surface area contributed by atoms with E-state index in [1.807, 2.05) is 18.2 Å². The van der Waals surface area contributed by atoms with Crippen LogP contribution in [0.1, 0.15) is 47.9 Å². The summed E-state index contributed by atoms with van der Waals surface area (Å²) in [6.07, 6.45) is 17.0. The Morgan fingerprint density at radius 3 is 2.17 bits per heavy atom. The highest BCUT2D eigenvalue weighted by atomic mass is 14.3. The van der Waals surface area contributed by atoms with Crippen LogP contribution in [0.4, 0.5) is 0 Å². The van der Waals surface area contributed by atoms with Gasteiger partial charge in [0.05, 0.1) is 0 Å². The second-order valence-corrected chi connectivity index (χ2v) is 10.5. The van der Waals surface area contributed by atoms with Gasteiger partial charge in [0.1, 0.15) is 0 Å². The normalized spacial score (nSPS) is 14.6. The predicted octanol–water partition coefficient (Wildman–Crippen LogP) is 5.71. The summed E-state index contributed by atoms with van der Waals surface area (Å²) in [5.74, 6) is 0. The highest BCUT2D eigenvalue weighted by molar-refractivity contribution is 6.14. The van der Waals surface area contributed by atoms with Crippen molar-refractivity contribution in [3.63, 3.8) is 0 Å². The summed E-state index contributed by atoms with van der Waals surface area (Å²) in [5.41, 5.74) is 7.77. The number of benzene rings is 4. The molecule has 2 aliphatic carbocycles. The van der Waals surface area contributed by atoms with E-state index in [4.69, 9.17) is 6.58 Å². The van der Waals surface area contributed by atoms with Crippen molar-refractivity contribution in [3.05, 3.63) is 147 Å². The molecule has 0 saturated carbocycles. The molecule has 0 fully saturated rings. The van der Waals surface area contributed by atoms with Crippen molar-refractivity contribution in [2.24, 2.45) is 0 Å². The van der Waals surface area contributed by atoms with Gasteiger partial charge in [-0.1, -0.05) is 130 Å². The Bertz CT molecular complexity index is 2130. The third kappa shape index (κ3) is 4.00. The van der Waals surface area contributed by atoms with E-state index in [1.54, 1.807) is 0 Å². The fraction of sp³-hybridized carbons (Fsp3) is 0.100. The Hall–Kier alpha value is -4.68. The molecule has 0 amide bonds. The number of hydrogen-bond donors (Lipinski definition) is 0. The van der Waals surface area contributed by atoms with Gasteiger partial charge < -0.3 is 0 Å². The summed E-state index contributed by atoms with van der Waals surface area (Å²) < 4.78 is 0. The monoisotopic (exact) mass is 514 g/mol. The molecular formula is C40H34. The maximum absolute atomic E-state index is 4.72. The molecule has 0 heterocycles. The molecule has 4 aromatic rings. The Labute approximate surface area is 236 Å². The molecule has 0 aromatic heterocycles. The minimum absolute atomic E-state index is 0.926. The van der Waals surface area contributed by atoms with E-state index in [0.717, 1.165) is 69.3 Å². The van der Waals surface area contributed by atoms with Gasteiger partial charge in [0.15, 0.2) is 0 Å². The van der Waals surface area contributed by atoms with Crippen LogP contribution in [0.2, 0.25) is 0 Å². The summed E-state index contributed by atoms with van der Waals surface area (Å²) in [6, 6.07) is 21.7. The molecule has 4 aromatic carbocycles. The van der Waals surface area contributed by atoms with Crippen LogP contribution >= 0.6 is 0 Å². The summed E-state index contributed by atoms with van der Waals surface area (Å²) >= 11 is 0. The Balaban J connectivity index is 1.78. The molecule has 0 heteroatoms. The molecule has 0 atom stereocenters. The van der Waals surface area contributed by atoms with Gasteiger partial charge in [0.25, 0.3) is 0 Å². The predicted molar refractivity (Wildman–Crippen MR) is 177 cm³/mol. The van der Waals surface area contributed by atoms with Gasteiger partial charge in [-0.15, -0.1) is 0 Å². The first kappa shape index (κ1) is 25.6. The molecule has 6 rings (SSSR count). The molecule has 0 nitrogen and oxygen atoms in total. The first-order chi connectivity index (χ1) is 19.6. The lowest BCUT2D eigenvalue weighted by Crippen LogP contribution is -2.49. The van der Waals surface area contributed by atoms with Crippen molar-refractivity contribution < 1.29 is 0 Å². The van der Waals surface area contributed by atoms with Crippen LogP contribution in [0.15, 0.2) is 93.1 Å². The Morgan fingerprint density at radius 1 is 0.700 bits per heavy atom. The van der Waals surface area contributed by atoms with Gasteiger partial charge in [-0.3, -0.25) is 0 Å². The highest BCUT2D eigenvalue weighted by Gasteiger charge is 2.22. The third-order valence-corrected chi connectivity index (χ3v) is 8.39. The van der Waals surface area contributed by atoms with Gasteiger partial charge in [-0.05, 0) is 107 Å². The summed E-state index contributed by atoms with van der Waals surface area (Å²) in [4.78, 5) is 0. The maximum Gasteiger partial charge on any atom is -0.00263 e. The lowest BCUT2D eigenvalue weighted by atomic mass is 9.79. The van der Waals surface area contributed by atoms with E-state index < -0.39 is 0 Å². The quantitative estimate of drug-likeness (QED) is 0.309. The zero-order chi connectivity index (χ0) is 27.8. The second-order valence-electron chi connectivity index (χ2n) is 10.5. The molecule has 0 N–H and O–H groups in total. The molecule has 194 valence electrons. The average molecular weight is 515 g/mol. The zero-order valence-electron chi connectivity index (χ0n) is 23.1. The van der Waals surface area contributed by atoms with Crippen LogP contribution in [0.3, 0.4) is 0 Å². The van der Waals surface area contributed by atoms with Crippen molar-refractivity contribution >= 4 is 64.5 Å². The second kappa shape index (κ2) is 10.5. The van der Waals surface area contributed by atoms with Gasteiger partial charge in [-0.25, -0.2) is 0 Å². The SMILES string of the molecule is C=CC(C(=C)c1c(C=C)c(C=C)c(C2=c3ccccc3=CCC2)c2ccccc12)=c1c(=C)ccc2c1=CCCC=2. The van der Waals surface area contributed by atoms with Crippen LogP contribution in [0.5, 0.6) is 0 Å². The number of rotatable bonds is 6.